The Bertz CT molecular complexity index is 910. The van der Waals surface area contributed by atoms with Crippen LogP contribution >= 0.6 is 11.3 Å². The second-order valence-corrected chi connectivity index (χ2v) is 7.10. The van der Waals surface area contributed by atoms with Crippen molar-refractivity contribution in [1.29, 1.82) is 0 Å². The lowest BCUT2D eigenvalue weighted by Gasteiger charge is -2.28. The third-order valence-electron chi connectivity index (χ3n) is 4.19. The van der Waals surface area contributed by atoms with Crippen molar-refractivity contribution in [2.45, 2.75) is 0 Å². The number of morpholine rings is 1. The van der Waals surface area contributed by atoms with Gasteiger partial charge in [0.05, 0.1) is 30.1 Å². The molecule has 3 aromatic rings. The molecule has 2 amide bonds. The molecule has 0 radical (unpaired) electrons. The number of hydrogen-bond acceptors (Lipinski definition) is 7. The van der Waals surface area contributed by atoms with Crippen molar-refractivity contribution in [2.24, 2.45) is 0 Å². The van der Waals surface area contributed by atoms with E-state index in [4.69, 9.17) is 4.74 Å². The first-order valence-electron chi connectivity index (χ1n) is 8.90. The number of hydrogen-bond donors (Lipinski definition) is 3. The molecule has 8 nitrogen and oxygen atoms in total. The van der Waals surface area contributed by atoms with Gasteiger partial charge in [-0.2, -0.15) is 5.10 Å². The van der Waals surface area contributed by atoms with Crippen LogP contribution in [-0.2, 0) is 4.74 Å². The zero-order valence-corrected chi connectivity index (χ0v) is 15.9. The molecule has 0 atom stereocenters. The van der Waals surface area contributed by atoms with E-state index in [-0.39, 0.29) is 6.03 Å². The lowest BCUT2D eigenvalue weighted by Crippen LogP contribution is -2.36. The van der Waals surface area contributed by atoms with Gasteiger partial charge in [-0.3, -0.25) is 5.32 Å². The first kappa shape index (κ1) is 18.2. The Morgan fingerprint density at radius 1 is 1.07 bits per heavy atom. The van der Waals surface area contributed by atoms with Gasteiger partial charge in [-0.15, -0.1) is 16.4 Å². The average Bonchev–Trinajstić information content (AvgIpc) is 3.23. The van der Waals surface area contributed by atoms with E-state index in [9.17, 15) is 4.79 Å². The van der Waals surface area contributed by atoms with Crippen molar-refractivity contribution in [3.05, 3.63) is 54.0 Å². The van der Waals surface area contributed by atoms with Gasteiger partial charge >= 0.3 is 6.03 Å². The van der Waals surface area contributed by atoms with Crippen LogP contribution in [0.15, 0.2) is 54.0 Å². The highest BCUT2D eigenvalue weighted by Gasteiger charge is 2.12. The fourth-order valence-corrected chi connectivity index (χ4v) is 3.43. The van der Waals surface area contributed by atoms with Crippen molar-refractivity contribution in [3.63, 3.8) is 0 Å². The van der Waals surface area contributed by atoms with Gasteiger partial charge in [-0.1, -0.05) is 0 Å². The van der Waals surface area contributed by atoms with Crippen LogP contribution in [0.5, 0.6) is 0 Å². The number of ether oxygens (including phenoxy) is 1. The van der Waals surface area contributed by atoms with Crippen LogP contribution in [0.4, 0.5) is 32.7 Å². The quantitative estimate of drug-likeness (QED) is 0.608. The SMILES string of the molecule is O=C(Nc1ccc(Nc2cc(N3CCOCC3)cnn2)cc1)Nc1cccs1. The summed E-state index contributed by atoms with van der Waals surface area (Å²) in [4.78, 5) is 14.2. The third-order valence-corrected chi connectivity index (χ3v) is 4.97. The molecule has 0 aliphatic carbocycles. The molecule has 3 N–H and O–H groups in total. The van der Waals surface area contributed by atoms with Crippen molar-refractivity contribution < 1.29 is 9.53 Å². The minimum absolute atomic E-state index is 0.271. The molecule has 1 aromatic carbocycles. The topological polar surface area (TPSA) is 91.4 Å². The molecule has 9 heteroatoms. The van der Waals surface area contributed by atoms with E-state index in [1.807, 2.05) is 47.8 Å². The molecule has 0 bridgehead atoms. The van der Waals surface area contributed by atoms with Crippen LogP contribution in [0.1, 0.15) is 0 Å². The third kappa shape index (κ3) is 4.76. The molecule has 0 saturated carbocycles. The number of anilines is 5. The molecule has 1 saturated heterocycles. The summed E-state index contributed by atoms with van der Waals surface area (Å²) in [6, 6.07) is 12.9. The maximum Gasteiger partial charge on any atom is 0.324 e. The number of thiophene rings is 1. The number of amides is 2. The Hall–Kier alpha value is -3.17. The Morgan fingerprint density at radius 3 is 2.61 bits per heavy atom. The average molecular weight is 396 g/mol. The fraction of sp³-hybridized carbons (Fsp3) is 0.211. The maximum atomic E-state index is 12.0. The number of nitrogens with zero attached hydrogens (tertiary/aromatic N) is 3. The lowest BCUT2D eigenvalue weighted by atomic mass is 10.2. The van der Waals surface area contributed by atoms with Gasteiger partial charge in [0.2, 0.25) is 0 Å². The molecule has 4 rings (SSSR count). The van der Waals surface area contributed by atoms with Crippen molar-refractivity contribution >= 4 is 45.2 Å². The van der Waals surface area contributed by atoms with Crippen LogP contribution < -0.4 is 20.9 Å². The van der Waals surface area contributed by atoms with Crippen LogP contribution in [0.2, 0.25) is 0 Å². The van der Waals surface area contributed by atoms with Gasteiger partial charge in [-0.05, 0) is 41.8 Å². The number of carbonyl (C=O) groups excluding carboxylic acids is 1. The molecule has 28 heavy (non-hydrogen) atoms. The molecular weight excluding hydrogens is 376 g/mol. The van der Waals surface area contributed by atoms with Gasteiger partial charge in [0.1, 0.15) is 0 Å². The lowest BCUT2D eigenvalue weighted by molar-refractivity contribution is 0.122. The number of urea groups is 1. The minimum atomic E-state index is -0.271. The van der Waals surface area contributed by atoms with Gasteiger partial charge in [-0.25, -0.2) is 4.79 Å². The summed E-state index contributed by atoms with van der Waals surface area (Å²) in [5.74, 6) is 0.667. The molecule has 0 unspecified atom stereocenters. The number of benzene rings is 1. The smallest absolute Gasteiger partial charge is 0.324 e. The standard InChI is InChI=1S/C19H20N6O2S/c26-19(23-18-2-1-11-28-18)22-15-5-3-14(4-6-15)21-17-12-16(13-20-24-17)25-7-9-27-10-8-25/h1-6,11-13H,7-10H2,(H,21,24)(H2,22,23,26). The predicted octanol–water partition coefficient (Wildman–Crippen LogP) is 3.76. The Balaban J connectivity index is 1.36. The number of rotatable bonds is 5. The Kier molecular flexibility index (Phi) is 5.64. The molecule has 0 spiro atoms. The highest BCUT2D eigenvalue weighted by Crippen LogP contribution is 2.22. The van der Waals surface area contributed by atoms with Gasteiger partial charge in [0.25, 0.3) is 0 Å². The molecule has 1 fully saturated rings. The van der Waals surface area contributed by atoms with Crippen molar-refractivity contribution in [2.75, 3.05) is 47.2 Å². The predicted molar refractivity (Wildman–Crippen MR) is 112 cm³/mol. The van der Waals surface area contributed by atoms with Crippen LogP contribution in [0, 0.1) is 0 Å². The van der Waals surface area contributed by atoms with Crippen molar-refractivity contribution in [1.82, 2.24) is 10.2 Å². The highest BCUT2D eigenvalue weighted by atomic mass is 32.1. The zero-order chi connectivity index (χ0) is 19.2. The molecule has 1 aliphatic heterocycles. The number of aromatic nitrogens is 2. The summed E-state index contributed by atoms with van der Waals surface area (Å²) in [5, 5.41) is 19.8. The van der Waals surface area contributed by atoms with E-state index in [1.54, 1.807) is 6.20 Å². The van der Waals surface area contributed by atoms with E-state index in [1.165, 1.54) is 11.3 Å². The van der Waals surface area contributed by atoms with E-state index >= 15 is 0 Å². The van der Waals surface area contributed by atoms with E-state index in [0.717, 1.165) is 42.7 Å². The largest absolute Gasteiger partial charge is 0.378 e. The summed E-state index contributed by atoms with van der Waals surface area (Å²) in [7, 11) is 0. The van der Waals surface area contributed by atoms with Crippen LogP contribution in [0.3, 0.4) is 0 Å². The van der Waals surface area contributed by atoms with Gasteiger partial charge in [0, 0.05) is 30.5 Å². The first-order chi connectivity index (χ1) is 13.8. The van der Waals surface area contributed by atoms with E-state index in [2.05, 4.69) is 31.0 Å². The summed E-state index contributed by atoms with van der Waals surface area (Å²) in [6.45, 7) is 3.14. The number of nitrogens with one attached hydrogen (secondary N) is 3. The monoisotopic (exact) mass is 396 g/mol. The molecule has 3 heterocycles. The van der Waals surface area contributed by atoms with Crippen LogP contribution in [-0.4, -0.2) is 42.5 Å². The van der Waals surface area contributed by atoms with E-state index in [0.29, 0.717) is 11.5 Å². The summed E-state index contributed by atoms with van der Waals surface area (Å²) >= 11 is 1.47. The fourth-order valence-electron chi connectivity index (χ4n) is 2.82. The Morgan fingerprint density at radius 2 is 1.86 bits per heavy atom. The van der Waals surface area contributed by atoms with Crippen molar-refractivity contribution in [3.8, 4) is 0 Å². The summed E-state index contributed by atoms with van der Waals surface area (Å²) in [5.41, 5.74) is 2.58. The maximum absolute atomic E-state index is 12.0. The molecule has 1 aliphatic rings. The van der Waals surface area contributed by atoms with Gasteiger partial charge in [0.15, 0.2) is 5.82 Å². The minimum Gasteiger partial charge on any atom is -0.378 e. The first-order valence-corrected chi connectivity index (χ1v) is 9.78. The molecule has 2 aromatic heterocycles. The Labute approximate surface area is 166 Å². The molecule has 144 valence electrons. The molecular formula is C19H20N6O2S. The zero-order valence-electron chi connectivity index (χ0n) is 15.1. The van der Waals surface area contributed by atoms with Gasteiger partial charge < -0.3 is 20.3 Å². The van der Waals surface area contributed by atoms with E-state index < -0.39 is 0 Å². The van der Waals surface area contributed by atoms with Crippen LogP contribution in [0.25, 0.3) is 0 Å². The second-order valence-electron chi connectivity index (χ2n) is 6.16. The second kappa shape index (κ2) is 8.68. The summed E-state index contributed by atoms with van der Waals surface area (Å²) in [6.07, 6.45) is 1.76. The normalized spacial score (nSPS) is 13.8. The highest BCUT2D eigenvalue weighted by molar-refractivity contribution is 7.14. The number of carbonyl (C=O) groups is 1. The summed E-state index contributed by atoms with van der Waals surface area (Å²) < 4.78 is 5.39.